The largest absolute Gasteiger partial charge is 0.241 e. The summed E-state index contributed by atoms with van der Waals surface area (Å²) >= 11 is 3.32. The Morgan fingerprint density at radius 1 is 1.19 bits per heavy atom. The Morgan fingerprint density at radius 3 is 2.06 bits per heavy atom. The first-order valence-electron chi connectivity index (χ1n) is 4.93. The molecule has 0 fully saturated rings. The number of hydrogen-bond donors (Lipinski definition) is 1. The zero-order valence-corrected chi connectivity index (χ0v) is 12.0. The Hall–Kier alpha value is -0.390. The number of hydrogen-bond acceptors (Lipinski definition) is 2. The van der Waals surface area contributed by atoms with E-state index in [-0.39, 0.29) is 0 Å². The van der Waals surface area contributed by atoms with Gasteiger partial charge in [-0.25, -0.2) is 13.1 Å². The minimum absolute atomic E-state index is 0.298. The molecule has 0 aromatic heterocycles. The summed E-state index contributed by atoms with van der Waals surface area (Å²) in [5.74, 6) is 0. The molecule has 0 bridgehead atoms. The number of rotatable bonds is 3. The van der Waals surface area contributed by atoms with Crippen molar-refractivity contribution in [3.63, 3.8) is 0 Å². The van der Waals surface area contributed by atoms with Gasteiger partial charge in [-0.15, -0.1) is 0 Å². The molecule has 0 aliphatic heterocycles. The van der Waals surface area contributed by atoms with Crippen molar-refractivity contribution in [3.05, 3.63) is 29.8 Å². The predicted molar refractivity (Wildman–Crippen MR) is 69.1 cm³/mol. The Kier molecular flexibility index (Phi) is 4.15. The fourth-order valence-corrected chi connectivity index (χ4v) is 3.01. The summed E-state index contributed by atoms with van der Waals surface area (Å²) in [5, 5.41) is 0.722. The van der Waals surface area contributed by atoms with E-state index in [4.69, 9.17) is 0 Å². The van der Waals surface area contributed by atoms with Crippen LogP contribution in [0.2, 0.25) is 0 Å². The van der Waals surface area contributed by atoms with Gasteiger partial charge < -0.3 is 0 Å². The minimum atomic E-state index is -3.41. The van der Waals surface area contributed by atoms with Crippen LogP contribution in [0.4, 0.5) is 0 Å². The van der Waals surface area contributed by atoms with E-state index in [9.17, 15) is 8.42 Å². The van der Waals surface area contributed by atoms with E-state index < -0.39 is 15.6 Å². The summed E-state index contributed by atoms with van der Waals surface area (Å²) in [5.41, 5.74) is 0.585. The summed E-state index contributed by atoms with van der Waals surface area (Å²) in [7, 11) is -3.41. The standard InChI is InChI=1S/C11H16BrNO2S/c1-11(2,3)13-16(14,15)10-6-4-9(8-12)5-7-10/h4-7,13H,8H2,1-3H3. The topological polar surface area (TPSA) is 46.2 Å². The molecule has 0 atom stereocenters. The van der Waals surface area contributed by atoms with Gasteiger partial charge in [0.15, 0.2) is 0 Å². The predicted octanol–water partition coefficient (Wildman–Crippen LogP) is 2.66. The van der Waals surface area contributed by atoms with E-state index in [1.807, 2.05) is 20.8 Å². The van der Waals surface area contributed by atoms with Gasteiger partial charge in [-0.2, -0.15) is 0 Å². The third-order valence-electron chi connectivity index (χ3n) is 1.83. The smallest absolute Gasteiger partial charge is 0.207 e. The molecule has 0 saturated carbocycles. The zero-order valence-electron chi connectivity index (χ0n) is 9.62. The zero-order chi connectivity index (χ0) is 12.4. The maximum absolute atomic E-state index is 11.9. The van der Waals surface area contributed by atoms with Crippen molar-refractivity contribution >= 4 is 26.0 Å². The van der Waals surface area contributed by atoms with Gasteiger partial charge in [-0.1, -0.05) is 28.1 Å². The van der Waals surface area contributed by atoms with E-state index >= 15 is 0 Å². The second kappa shape index (κ2) is 4.85. The van der Waals surface area contributed by atoms with E-state index in [0.29, 0.717) is 4.90 Å². The first kappa shape index (κ1) is 13.7. The molecule has 0 amide bonds. The number of sulfonamides is 1. The van der Waals surface area contributed by atoms with Crippen LogP contribution >= 0.6 is 15.9 Å². The highest BCUT2D eigenvalue weighted by Crippen LogP contribution is 2.14. The normalized spacial score (nSPS) is 12.8. The average Bonchev–Trinajstić information content (AvgIpc) is 2.14. The van der Waals surface area contributed by atoms with Gasteiger partial charge in [0, 0.05) is 10.9 Å². The fraction of sp³-hybridized carbons (Fsp3) is 0.455. The third-order valence-corrected chi connectivity index (χ3v) is 4.25. The lowest BCUT2D eigenvalue weighted by atomic mass is 10.1. The highest BCUT2D eigenvalue weighted by atomic mass is 79.9. The monoisotopic (exact) mass is 305 g/mol. The summed E-state index contributed by atoms with van der Waals surface area (Å²) in [6, 6.07) is 6.83. The van der Waals surface area contributed by atoms with Gasteiger partial charge in [0.25, 0.3) is 0 Å². The molecule has 0 unspecified atom stereocenters. The molecule has 3 nitrogen and oxygen atoms in total. The molecule has 1 rings (SSSR count). The van der Waals surface area contributed by atoms with Crippen LogP contribution in [0.1, 0.15) is 26.3 Å². The molecule has 1 N–H and O–H groups in total. The summed E-state index contributed by atoms with van der Waals surface area (Å²) in [4.78, 5) is 0.298. The van der Waals surface area contributed by atoms with Crippen molar-refractivity contribution in [2.45, 2.75) is 36.5 Å². The van der Waals surface area contributed by atoms with Crippen LogP contribution in [0.5, 0.6) is 0 Å². The molecule has 90 valence electrons. The van der Waals surface area contributed by atoms with E-state index in [1.54, 1.807) is 24.3 Å². The van der Waals surface area contributed by atoms with Gasteiger partial charge >= 0.3 is 0 Å². The molecule has 5 heteroatoms. The molecule has 1 aromatic rings. The van der Waals surface area contributed by atoms with Gasteiger partial charge in [-0.05, 0) is 38.5 Å². The lowest BCUT2D eigenvalue weighted by Crippen LogP contribution is -2.40. The molecule has 1 aromatic carbocycles. The lowest BCUT2D eigenvalue weighted by Gasteiger charge is -2.20. The van der Waals surface area contributed by atoms with Gasteiger partial charge in [-0.3, -0.25) is 0 Å². The molecular formula is C11H16BrNO2S. The Labute approximate surface area is 105 Å². The number of benzene rings is 1. The maximum atomic E-state index is 11.9. The molecule has 0 radical (unpaired) electrons. The number of alkyl halides is 1. The van der Waals surface area contributed by atoms with Crippen molar-refractivity contribution in [1.29, 1.82) is 0 Å². The van der Waals surface area contributed by atoms with E-state index in [2.05, 4.69) is 20.7 Å². The molecule has 0 aliphatic carbocycles. The second-order valence-corrected chi connectivity index (χ2v) is 6.88. The SMILES string of the molecule is CC(C)(C)NS(=O)(=O)c1ccc(CBr)cc1. The van der Waals surface area contributed by atoms with Gasteiger partial charge in [0.1, 0.15) is 0 Å². The Morgan fingerprint density at radius 2 is 1.69 bits per heavy atom. The molecule has 0 spiro atoms. The van der Waals surface area contributed by atoms with Crippen LogP contribution in [-0.2, 0) is 15.4 Å². The summed E-state index contributed by atoms with van der Waals surface area (Å²) in [6.07, 6.45) is 0. The highest BCUT2D eigenvalue weighted by molar-refractivity contribution is 9.08. The highest BCUT2D eigenvalue weighted by Gasteiger charge is 2.21. The summed E-state index contributed by atoms with van der Waals surface area (Å²) < 4.78 is 26.5. The first-order chi connectivity index (χ1) is 7.24. The van der Waals surface area contributed by atoms with Crippen LogP contribution < -0.4 is 4.72 Å². The quantitative estimate of drug-likeness (QED) is 0.873. The van der Waals surface area contributed by atoms with Crippen molar-refractivity contribution in [1.82, 2.24) is 4.72 Å². The maximum Gasteiger partial charge on any atom is 0.241 e. The minimum Gasteiger partial charge on any atom is -0.207 e. The molecule has 0 saturated heterocycles. The van der Waals surface area contributed by atoms with Crippen LogP contribution in [0.15, 0.2) is 29.2 Å². The average molecular weight is 306 g/mol. The van der Waals surface area contributed by atoms with Crippen LogP contribution in [-0.4, -0.2) is 14.0 Å². The first-order valence-corrected chi connectivity index (χ1v) is 7.54. The summed E-state index contributed by atoms with van der Waals surface area (Å²) in [6.45, 7) is 5.45. The van der Waals surface area contributed by atoms with Gasteiger partial charge in [0.2, 0.25) is 10.0 Å². The van der Waals surface area contributed by atoms with Crippen molar-refractivity contribution in [2.75, 3.05) is 0 Å². The Balaban J connectivity index is 2.99. The van der Waals surface area contributed by atoms with E-state index in [0.717, 1.165) is 10.9 Å². The number of halogens is 1. The molecule has 0 heterocycles. The number of nitrogens with one attached hydrogen (secondary N) is 1. The molecular weight excluding hydrogens is 290 g/mol. The van der Waals surface area contributed by atoms with Crippen LogP contribution in [0.3, 0.4) is 0 Å². The lowest BCUT2D eigenvalue weighted by molar-refractivity contribution is 0.491. The van der Waals surface area contributed by atoms with Crippen molar-refractivity contribution in [2.24, 2.45) is 0 Å². The van der Waals surface area contributed by atoms with Crippen molar-refractivity contribution in [3.8, 4) is 0 Å². The Bertz CT molecular complexity index is 446. The third kappa shape index (κ3) is 3.88. The second-order valence-electron chi connectivity index (χ2n) is 4.63. The van der Waals surface area contributed by atoms with Crippen LogP contribution in [0.25, 0.3) is 0 Å². The van der Waals surface area contributed by atoms with E-state index in [1.165, 1.54) is 0 Å². The molecule has 16 heavy (non-hydrogen) atoms. The fourth-order valence-electron chi connectivity index (χ4n) is 1.22. The van der Waals surface area contributed by atoms with Crippen molar-refractivity contribution < 1.29 is 8.42 Å². The van der Waals surface area contributed by atoms with Crippen LogP contribution in [0, 0.1) is 0 Å². The van der Waals surface area contributed by atoms with Gasteiger partial charge in [0.05, 0.1) is 4.90 Å². The molecule has 0 aliphatic rings.